The highest BCUT2D eigenvalue weighted by Gasteiger charge is 2.18. The lowest BCUT2D eigenvalue weighted by molar-refractivity contribution is 0.245. The number of hydrogen-bond donors (Lipinski definition) is 0. The van der Waals surface area contributed by atoms with Crippen molar-refractivity contribution in [3.8, 4) is 0 Å². The lowest BCUT2D eigenvalue weighted by atomic mass is 10.1. The first-order valence-electron chi connectivity index (χ1n) is 12.2. The number of piperazine rings is 2. The Morgan fingerprint density at radius 3 is 1.32 bits per heavy atom. The molecule has 0 unspecified atom stereocenters. The molecule has 0 spiro atoms. The first-order chi connectivity index (χ1) is 15.4. The van der Waals surface area contributed by atoms with Crippen LogP contribution in [0.15, 0.2) is 48.8 Å². The first-order valence-corrected chi connectivity index (χ1v) is 12.2. The zero-order valence-corrected chi connectivity index (χ0v) is 18.9. The van der Waals surface area contributed by atoms with Gasteiger partial charge in [0.25, 0.3) is 0 Å². The molecule has 2 aliphatic heterocycles. The second-order valence-corrected chi connectivity index (χ2v) is 8.80. The zero-order chi connectivity index (χ0) is 21.1. The van der Waals surface area contributed by atoms with Crippen LogP contribution in [0.1, 0.15) is 32.1 Å². The molecule has 2 saturated heterocycles. The average molecular weight is 423 g/mol. The number of unbranched alkanes of at least 4 members (excludes halogenated alkanes) is 4. The molecular weight excluding hydrogens is 384 g/mol. The molecule has 0 radical (unpaired) electrons. The molecule has 2 aromatic heterocycles. The number of rotatable bonds is 10. The van der Waals surface area contributed by atoms with Crippen LogP contribution in [0, 0.1) is 0 Å². The Hall–Kier alpha value is -2.18. The predicted octanol–water partition coefficient (Wildman–Crippen LogP) is 3.37. The molecule has 0 N–H and O–H groups in total. The Bertz CT molecular complexity index is 661. The van der Waals surface area contributed by atoms with E-state index in [1.165, 1.54) is 71.4 Å². The van der Waals surface area contributed by atoms with E-state index in [1.807, 2.05) is 24.5 Å². The van der Waals surface area contributed by atoms with Gasteiger partial charge >= 0.3 is 0 Å². The number of anilines is 2. The third-order valence-corrected chi connectivity index (χ3v) is 6.64. The van der Waals surface area contributed by atoms with Gasteiger partial charge < -0.3 is 9.80 Å². The molecule has 4 rings (SSSR count). The van der Waals surface area contributed by atoms with E-state index in [9.17, 15) is 0 Å². The fraction of sp³-hybridized carbons (Fsp3) is 0.600. The van der Waals surface area contributed by atoms with Crippen molar-refractivity contribution in [3.05, 3.63) is 48.8 Å². The first kappa shape index (κ1) is 22.0. The van der Waals surface area contributed by atoms with E-state index in [1.54, 1.807) is 0 Å². The van der Waals surface area contributed by atoms with Gasteiger partial charge in [0.1, 0.15) is 11.6 Å². The van der Waals surface area contributed by atoms with Crippen LogP contribution in [0.4, 0.5) is 11.6 Å². The fourth-order valence-electron chi connectivity index (χ4n) is 4.68. The van der Waals surface area contributed by atoms with Crippen LogP contribution in [-0.2, 0) is 0 Å². The fourth-order valence-corrected chi connectivity index (χ4v) is 4.68. The van der Waals surface area contributed by atoms with E-state index >= 15 is 0 Å². The van der Waals surface area contributed by atoms with Crippen LogP contribution < -0.4 is 9.80 Å². The number of hydrogen-bond acceptors (Lipinski definition) is 6. The van der Waals surface area contributed by atoms with Crippen molar-refractivity contribution in [1.29, 1.82) is 0 Å². The molecule has 0 amide bonds. The van der Waals surface area contributed by atoms with E-state index in [2.05, 4.69) is 53.8 Å². The van der Waals surface area contributed by atoms with E-state index in [0.29, 0.717) is 0 Å². The molecule has 0 aromatic carbocycles. The van der Waals surface area contributed by atoms with Gasteiger partial charge in [0.15, 0.2) is 0 Å². The standard InChI is InChI=1S/C25H38N6/c1(2-8-14-28-16-20-30(21-17-28)24-10-4-6-12-26-24)3-9-15-29-18-22-31(23-19-29)25-11-5-7-13-27-25/h4-7,10-13H,1-3,8-9,14-23H2. The van der Waals surface area contributed by atoms with Crippen molar-refractivity contribution < 1.29 is 0 Å². The highest BCUT2D eigenvalue weighted by Crippen LogP contribution is 2.15. The van der Waals surface area contributed by atoms with E-state index < -0.39 is 0 Å². The molecule has 2 aromatic rings. The summed E-state index contributed by atoms with van der Waals surface area (Å²) in [6, 6.07) is 12.4. The highest BCUT2D eigenvalue weighted by molar-refractivity contribution is 5.38. The molecule has 2 aliphatic rings. The second kappa shape index (κ2) is 12.0. The second-order valence-electron chi connectivity index (χ2n) is 8.80. The SMILES string of the molecule is c1ccc(N2CCN(CCCCCCCN3CCN(c4ccccn4)CC3)CC2)nc1. The summed E-state index contributed by atoms with van der Waals surface area (Å²) in [4.78, 5) is 19.0. The molecule has 6 nitrogen and oxygen atoms in total. The van der Waals surface area contributed by atoms with E-state index in [-0.39, 0.29) is 0 Å². The Morgan fingerprint density at radius 2 is 0.935 bits per heavy atom. The summed E-state index contributed by atoms with van der Waals surface area (Å²) in [6.45, 7) is 11.6. The van der Waals surface area contributed by atoms with Crippen LogP contribution in [0.25, 0.3) is 0 Å². The molecule has 0 saturated carbocycles. The summed E-state index contributed by atoms with van der Waals surface area (Å²) in [6.07, 6.45) is 10.6. The number of pyridine rings is 2. The van der Waals surface area contributed by atoms with Crippen molar-refractivity contribution in [2.24, 2.45) is 0 Å². The van der Waals surface area contributed by atoms with Gasteiger partial charge in [-0.3, -0.25) is 9.80 Å². The van der Waals surface area contributed by atoms with Gasteiger partial charge in [-0.15, -0.1) is 0 Å². The van der Waals surface area contributed by atoms with E-state index in [4.69, 9.17) is 0 Å². The molecule has 4 heterocycles. The average Bonchev–Trinajstić information content (AvgIpc) is 2.85. The lowest BCUT2D eigenvalue weighted by Gasteiger charge is -2.35. The van der Waals surface area contributed by atoms with Gasteiger partial charge in [-0.25, -0.2) is 9.97 Å². The minimum atomic E-state index is 1.10. The highest BCUT2D eigenvalue weighted by atomic mass is 15.3. The maximum absolute atomic E-state index is 4.48. The molecule has 6 heteroatoms. The quantitative estimate of drug-likeness (QED) is 0.547. The van der Waals surface area contributed by atoms with Crippen molar-refractivity contribution >= 4 is 11.6 Å². The van der Waals surface area contributed by atoms with Crippen molar-refractivity contribution in [2.45, 2.75) is 32.1 Å². The summed E-state index contributed by atoms with van der Waals surface area (Å²) in [5, 5.41) is 0. The maximum atomic E-state index is 4.48. The topological polar surface area (TPSA) is 38.7 Å². The molecule has 168 valence electrons. The van der Waals surface area contributed by atoms with Crippen molar-refractivity contribution in [2.75, 3.05) is 75.2 Å². The molecule has 0 aliphatic carbocycles. The largest absolute Gasteiger partial charge is 0.354 e. The van der Waals surface area contributed by atoms with Gasteiger partial charge in [-0.1, -0.05) is 31.4 Å². The van der Waals surface area contributed by atoms with Crippen molar-refractivity contribution in [1.82, 2.24) is 19.8 Å². The predicted molar refractivity (Wildman–Crippen MR) is 129 cm³/mol. The van der Waals surface area contributed by atoms with Gasteiger partial charge in [-0.05, 0) is 50.2 Å². The van der Waals surface area contributed by atoms with Gasteiger partial charge in [0.05, 0.1) is 0 Å². The molecule has 31 heavy (non-hydrogen) atoms. The van der Waals surface area contributed by atoms with E-state index in [0.717, 1.165) is 37.8 Å². The molecule has 2 fully saturated rings. The van der Waals surface area contributed by atoms with Gasteiger partial charge in [-0.2, -0.15) is 0 Å². The monoisotopic (exact) mass is 422 g/mol. The smallest absolute Gasteiger partial charge is 0.128 e. The Morgan fingerprint density at radius 1 is 0.516 bits per heavy atom. The third-order valence-electron chi connectivity index (χ3n) is 6.64. The van der Waals surface area contributed by atoms with Crippen LogP contribution in [0.2, 0.25) is 0 Å². The summed E-state index contributed by atoms with van der Waals surface area (Å²) in [7, 11) is 0. The minimum absolute atomic E-state index is 1.10. The molecule has 0 bridgehead atoms. The van der Waals surface area contributed by atoms with Crippen LogP contribution in [0.3, 0.4) is 0 Å². The Kier molecular flexibility index (Phi) is 8.53. The normalized spacial score (nSPS) is 18.5. The van der Waals surface area contributed by atoms with Crippen LogP contribution in [-0.4, -0.2) is 85.2 Å². The Labute approximate surface area is 187 Å². The van der Waals surface area contributed by atoms with Gasteiger partial charge in [0, 0.05) is 64.8 Å². The van der Waals surface area contributed by atoms with Crippen molar-refractivity contribution in [3.63, 3.8) is 0 Å². The molecular formula is C25H38N6. The zero-order valence-electron chi connectivity index (χ0n) is 18.9. The third kappa shape index (κ3) is 6.91. The Balaban J connectivity index is 0.995. The number of aromatic nitrogens is 2. The summed E-state index contributed by atoms with van der Waals surface area (Å²) in [5.41, 5.74) is 0. The van der Waals surface area contributed by atoms with Crippen LogP contribution in [0.5, 0.6) is 0 Å². The molecule has 0 atom stereocenters. The van der Waals surface area contributed by atoms with Crippen LogP contribution >= 0.6 is 0 Å². The number of nitrogens with zero attached hydrogens (tertiary/aromatic N) is 6. The minimum Gasteiger partial charge on any atom is -0.354 e. The maximum Gasteiger partial charge on any atom is 0.128 e. The summed E-state index contributed by atoms with van der Waals surface area (Å²) >= 11 is 0. The lowest BCUT2D eigenvalue weighted by Crippen LogP contribution is -2.47. The van der Waals surface area contributed by atoms with Gasteiger partial charge in [0.2, 0.25) is 0 Å². The summed E-state index contributed by atoms with van der Waals surface area (Å²) < 4.78 is 0. The summed E-state index contributed by atoms with van der Waals surface area (Å²) in [5.74, 6) is 2.25.